The Morgan fingerprint density at radius 3 is 2.62 bits per heavy atom. The number of piperidine rings is 1. The maximum Gasteiger partial charge on any atom is 0.179 e. The first-order chi connectivity index (χ1) is 16.5. The molecule has 172 valence electrons. The van der Waals surface area contributed by atoms with Crippen LogP contribution in [0.15, 0.2) is 58.7 Å². The molecule has 0 unspecified atom stereocenters. The van der Waals surface area contributed by atoms with Crippen molar-refractivity contribution in [2.45, 2.75) is 35.6 Å². The van der Waals surface area contributed by atoms with E-state index >= 15 is 0 Å². The number of rotatable bonds is 3. The lowest BCUT2D eigenvalue weighted by atomic mass is 9.76. The minimum absolute atomic E-state index is 0.311. The minimum atomic E-state index is 0.311. The fraction of sp³-hybridized carbons (Fsp3) is 0.280. The van der Waals surface area contributed by atoms with Crippen molar-refractivity contribution in [1.29, 1.82) is 0 Å². The second kappa shape index (κ2) is 8.56. The fourth-order valence-electron chi connectivity index (χ4n) is 5.08. The van der Waals surface area contributed by atoms with Gasteiger partial charge in [0.1, 0.15) is 22.2 Å². The normalized spacial score (nSPS) is 16.8. The summed E-state index contributed by atoms with van der Waals surface area (Å²) in [5.41, 5.74) is 10.4. The van der Waals surface area contributed by atoms with Crippen LogP contribution in [0, 0.1) is 5.41 Å². The summed E-state index contributed by atoms with van der Waals surface area (Å²) < 4.78 is 0. The zero-order valence-corrected chi connectivity index (χ0v) is 20.7. The highest BCUT2D eigenvalue weighted by Crippen LogP contribution is 2.45. The van der Waals surface area contributed by atoms with Gasteiger partial charge in [-0.2, -0.15) is 0 Å². The fourth-order valence-corrected chi connectivity index (χ4v) is 6.32. The Kier molecular flexibility index (Phi) is 5.51. The lowest BCUT2D eigenvalue weighted by Crippen LogP contribution is -2.41. The largest absolute Gasteiger partial charge is 0.382 e. The predicted molar refractivity (Wildman–Crippen MR) is 138 cm³/mol. The van der Waals surface area contributed by atoms with Crippen molar-refractivity contribution in [3.8, 4) is 0 Å². The minimum Gasteiger partial charge on any atom is -0.382 e. The number of nitrogens with two attached hydrogens (primary N) is 1. The van der Waals surface area contributed by atoms with Gasteiger partial charge in [-0.1, -0.05) is 41.0 Å². The number of aromatic nitrogens is 4. The van der Waals surface area contributed by atoms with E-state index in [1.165, 1.54) is 22.9 Å². The van der Waals surface area contributed by atoms with Gasteiger partial charge in [-0.05, 0) is 72.6 Å². The summed E-state index contributed by atoms with van der Waals surface area (Å²) >= 11 is 13.9. The average Bonchev–Trinajstić information content (AvgIpc) is 3.19. The van der Waals surface area contributed by atoms with Crippen molar-refractivity contribution < 1.29 is 0 Å². The number of benzene rings is 1. The Morgan fingerprint density at radius 2 is 1.76 bits per heavy atom. The van der Waals surface area contributed by atoms with Gasteiger partial charge >= 0.3 is 0 Å². The van der Waals surface area contributed by atoms with Gasteiger partial charge in [-0.3, -0.25) is 0 Å². The lowest BCUT2D eigenvalue weighted by molar-refractivity contribution is 0.232. The van der Waals surface area contributed by atoms with E-state index in [4.69, 9.17) is 33.9 Å². The van der Waals surface area contributed by atoms with Gasteiger partial charge in [0, 0.05) is 29.2 Å². The average molecular weight is 509 g/mol. The van der Waals surface area contributed by atoms with E-state index in [0.717, 1.165) is 65.1 Å². The van der Waals surface area contributed by atoms with Crippen molar-refractivity contribution in [2.24, 2.45) is 5.41 Å². The molecule has 0 atom stereocenters. The summed E-state index contributed by atoms with van der Waals surface area (Å²) in [4.78, 5) is 21.3. The van der Waals surface area contributed by atoms with Crippen LogP contribution in [0.5, 0.6) is 0 Å². The molecule has 0 bridgehead atoms. The molecule has 1 aliphatic carbocycles. The van der Waals surface area contributed by atoms with Gasteiger partial charge < -0.3 is 10.6 Å². The predicted octanol–water partition coefficient (Wildman–Crippen LogP) is 5.85. The van der Waals surface area contributed by atoms with Gasteiger partial charge in [0.05, 0.1) is 11.2 Å². The van der Waals surface area contributed by atoms with E-state index in [0.29, 0.717) is 21.9 Å². The molecule has 0 radical (unpaired) electrons. The molecule has 34 heavy (non-hydrogen) atoms. The molecule has 0 amide bonds. The van der Waals surface area contributed by atoms with E-state index in [9.17, 15) is 0 Å². The third kappa shape index (κ3) is 4.06. The molecule has 1 fully saturated rings. The molecule has 3 aromatic heterocycles. The number of halogens is 2. The Morgan fingerprint density at radius 1 is 0.941 bits per heavy atom. The molecular formula is C25H22Cl2N6S. The van der Waals surface area contributed by atoms with Crippen molar-refractivity contribution in [3.05, 3.63) is 70.0 Å². The molecule has 4 aromatic rings. The van der Waals surface area contributed by atoms with Crippen LogP contribution in [-0.2, 0) is 12.8 Å². The molecule has 2 N–H and O–H groups in total. The summed E-state index contributed by atoms with van der Waals surface area (Å²) in [6, 6.07) is 12.1. The highest BCUT2D eigenvalue weighted by Gasteiger charge is 2.40. The standard InChI is InChI=1S/C25H22Cl2N6S/c26-17-2-1-15-12-25(13-16(15)11-17)6-9-33(10-7-25)20-14-30-24-18(31-20)3-4-21(32-24)34-19-5-8-29-23(28)22(19)27/h1-5,8,11,14H,6-7,9-10,12-13H2,(H2,28,29). The smallest absolute Gasteiger partial charge is 0.179 e. The number of pyridine rings is 2. The first kappa shape index (κ1) is 21.9. The Hall–Kier alpha value is -2.61. The lowest BCUT2D eigenvalue weighted by Gasteiger charge is -2.39. The molecule has 4 heterocycles. The zero-order chi connectivity index (χ0) is 23.3. The third-order valence-corrected chi connectivity index (χ3v) is 8.65. The number of hydrogen-bond donors (Lipinski definition) is 1. The van der Waals surface area contributed by atoms with Crippen LogP contribution in [0.4, 0.5) is 11.6 Å². The van der Waals surface area contributed by atoms with E-state index in [-0.39, 0.29) is 0 Å². The summed E-state index contributed by atoms with van der Waals surface area (Å²) in [5, 5.41) is 2.05. The third-order valence-electron chi connectivity index (χ3n) is 6.91. The molecule has 0 saturated carbocycles. The number of nitrogen functional groups attached to an aromatic ring is 1. The summed E-state index contributed by atoms with van der Waals surface area (Å²) in [5.74, 6) is 1.22. The van der Waals surface area contributed by atoms with E-state index in [2.05, 4.69) is 32.0 Å². The second-order valence-electron chi connectivity index (χ2n) is 9.08. The first-order valence-electron chi connectivity index (χ1n) is 11.2. The van der Waals surface area contributed by atoms with E-state index in [1.807, 2.05) is 30.5 Å². The Balaban J connectivity index is 1.16. The van der Waals surface area contributed by atoms with Crippen LogP contribution >= 0.6 is 35.0 Å². The first-order valence-corrected chi connectivity index (χ1v) is 12.8. The highest BCUT2D eigenvalue weighted by molar-refractivity contribution is 7.99. The summed E-state index contributed by atoms with van der Waals surface area (Å²) in [7, 11) is 0. The molecule has 1 aliphatic heterocycles. The maximum absolute atomic E-state index is 6.27. The molecule has 6 nitrogen and oxygen atoms in total. The maximum atomic E-state index is 6.27. The van der Waals surface area contributed by atoms with Crippen LogP contribution in [0.25, 0.3) is 11.2 Å². The second-order valence-corrected chi connectivity index (χ2v) is 11.0. The molecule has 1 aromatic carbocycles. The number of hydrogen-bond acceptors (Lipinski definition) is 7. The highest BCUT2D eigenvalue weighted by atomic mass is 35.5. The van der Waals surface area contributed by atoms with Crippen molar-refractivity contribution in [1.82, 2.24) is 19.9 Å². The zero-order valence-electron chi connectivity index (χ0n) is 18.3. The van der Waals surface area contributed by atoms with Crippen molar-refractivity contribution in [3.63, 3.8) is 0 Å². The molecule has 6 rings (SSSR count). The number of nitrogens with zero attached hydrogens (tertiary/aromatic N) is 5. The van der Waals surface area contributed by atoms with Crippen LogP contribution in [0.3, 0.4) is 0 Å². The van der Waals surface area contributed by atoms with Gasteiger partial charge in [0.25, 0.3) is 0 Å². The number of anilines is 2. The Bertz CT molecular complexity index is 1400. The molecular weight excluding hydrogens is 487 g/mol. The summed E-state index contributed by atoms with van der Waals surface area (Å²) in [6.07, 6.45) is 8.03. The molecule has 1 saturated heterocycles. The monoisotopic (exact) mass is 508 g/mol. The van der Waals surface area contributed by atoms with Crippen LogP contribution in [0.1, 0.15) is 24.0 Å². The van der Waals surface area contributed by atoms with Crippen molar-refractivity contribution in [2.75, 3.05) is 23.7 Å². The molecule has 2 aliphatic rings. The van der Waals surface area contributed by atoms with Crippen molar-refractivity contribution >= 4 is 57.8 Å². The summed E-state index contributed by atoms with van der Waals surface area (Å²) in [6.45, 7) is 1.95. The SMILES string of the molecule is Nc1nccc(Sc2ccc3nc(N4CCC5(CC4)Cc4ccc(Cl)cc4C5)cnc3n2)c1Cl. The Labute approximate surface area is 211 Å². The van der Waals surface area contributed by atoms with Crippen LogP contribution in [-0.4, -0.2) is 33.0 Å². The van der Waals surface area contributed by atoms with Crippen LogP contribution < -0.4 is 10.6 Å². The molecule has 9 heteroatoms. The van der Waals surface area contributed by atoms with Gasteiger partial charge in [-0.25, -0.2) is 19.9 Å². The quantitative estimate of drug-likeness (QED) is 0.371. The van der Waals surface area contributed by atoms with E-state index in [1.54, 1.807) is 6.20 Å². The molecule has 1 spiro atoms. The van der Waals surface area contributed by atoms with E-state index < -0.39 is 0 Å². The van der Waals surface area contributed by atoms with Gasteiger partial charge in [0.2, 0.25) is 0 Å². The van der Waals surface area contributed by atoms with Gasteiger partial charge in [-0.15, -0.1) is 0 Å². The van der Waals surface area contributed by atoms with Gasteiger partial charge in [0.15, 0.2) is 5.65 Å². The van der Waals surface area contributed by atoms with Crippen LogP contribution in [0.2, 0.25) is 10.0 Å². The topological polar surface area (TPSA) is 80.8 Å². The number of fused-ring (bicyclic) bond motifs is 2.